The van der Waals surface area contributed by atoms with Gasteiger partial charge in [-0.2, -0.15) is 0 Å². The molecule has 0 amide bonds. The highest BCUT2D eigenvalue weighted by Gasteiger charge is 2.27. The number of carbonyl (C=O) groups is 2. The summed E-state index contributed by atoms with van der Waals surface area (Å²) in [5.74, 6) is -0.527. The smallest absolute Gasteiger partial charge is 0.348 e. The Balaban J connectivity index is 3.31. The molecule has 0 atom stereocenters. The van der Waals surface area contributed by atoms with E-state index in [0.717, 1.165) is 23.3 Å². The van der Waals surface area contributed by atoms with E-state index < -0.39 is 0 Å². The zero-order valence-corrected chi connectivity index (χ0v) is 12.7. The van der Waals surface area contributed by atoms with Crippen LogP contribution in [0.5, 0.6) is 0 Å². The maximum atomic E-state index is 12.2. The summed E-state index contributed by atoms with van der Waals surface area (Å²) >= 11 is 1.16. The first-order chi connectivity index (χ1) is 8.93. The van der Waals surface area contributed by atoms with Crippen LogP contribution in [0.1, 0.15) is 59.7 Å². The molecule has 19 heavy (non-hydrogen) atoms. The summed E-state index contributed by atoms with van der Waals surface area (Å²) in [6.07, 6.45) is 1.51. The minimum atomic E-state index is -0.384. The number of ether oxygens (including phenoxy) is 1. The molecule has 1 aromatic heterocycles. The molecular formula is C14H21NO3S. The number of rotatable bonds is 6. The van der Waals surface area contributed by atoms with Crippen LogP contribution in [-0.2, 0) is 11.2 Å². The van der Waals surface area contributed by atoms with Crippen LogP contribution in [0.2, 0.25) is 0 Å². The minimum Gasteiger partial charge on any atom is -0.462 e. The van der Waals surface area contributed by atoms with E-state index in [1.54, 1.807) is 6.92 Å². The van der Waals surface area contributed by atoms with E-state index >= 15 is 0 Å². The summed E-state index contributed by atoms with van der Waals surface area (Å²) in [4.78, 5) is 24.6. The maximum Gasteiger partial charge on any atom is 0.348 e. The molecule has 1 heterocycles. The second-order valence-corrected chi connectivity index (χ2v) is 5.69. The van der Waals surface area contributed by atoms with Crippen LogP contribution in [0.25, 0.3) is 0 Å². The molecule has 0 aliphatic rings. The fourth-order valence-electron chi connectivity index (χ4n) is 1.89. The molecule has 2 N–H and O–H groups in total. The monoisotopic (exact) mass is 283 g/mol. The van der Waals surface area contributed by atoms with Crippen LogP contribution < -0.4 is 5.73 Å². The summed E-state index contributed by atoms with van der Waals surface area (Å²) in [5.41, 5.74) is 7.21. The van der Waals surface area contributed by atoms with Gasteiger partial charge in [0.2, 0.25) is 0 Å². The van der Waals surface area contributed by atoms with Gasteiger partial charge in [0.05, 0.1) is 17.2 Å². The van der Waals surface area contributed by atoms with E-state index in [1.807, 2.05) is 20.8 Å². The van der Waals surface area contributed by atoms with Crippen molar-refractivity contribution in [1.29, 1.82) is 0 Å². The first kappa shape index (κ1) is 15.7. The van der Waals surface area contributed by atoms with Crippen molar-refractivity contribution in [1.82, 2.24) is 0 Å². The van der Waals surface area contributed by atoms with Crippen molar-refractivity contribution in [2.24, 2.45) is 5.92 Å². The summed E-state index contributed by atoms with van der Waals surface area (Å²) < 4.78 is 5.03. The van der Waals surface area contributed by atoms with Gasteiger partial charge in [0.15, 0.2) is 5.78 Å². The lowest BCUT2D eigenvalue weighted by molar-refractivity contribution is 0.0531. The summed E-state index contributed by atoms with van der Waals surface area (Å²) in [7, 11) is 0. The molecule has 0 unspecified atom stereocenters. The molecule has 0 saturated carbocycles. The van der Waals surface area contributed by atoms with E-state index in [4.69, 9.17) is 10.5 Å². The lowest BCUT2D eigenvalue weighted by Crippen LogP contribution is -2.13. The number of nitrogen functional groups attached to an aromatic ring is 1. The lowest BCUT2D eigenvalue weighted by Gasteiger charge is -2.08. The van der Waals surface area contributed by atoms with Crippen LogP contribution in [0.4, 0.5) is 5.00 Å². The SMILES string of the molecule is CCCc1c(C(=O)OCC)sc(N)c1C(=O)C(C)C. The molecule has 106 valence electrons. The van der Waals surface area contributed by atoms with Crippen LogP contribution in [0.3, 0.4) is 0 Å². The predicted molar refractivity (Wildman–Crippen MR) is 77.9 cm³/mol. The Hall–Kier alpha value is -1.36. The number of hydrogen-bond acceptors (Lipinski definition) is 5. The quantitative estimate of drug-likeness (QED) is 0.642. The fraction of sp³-hybridized carbons (Fsp3) is 0.571. The number of hydrogen-bond donors (Lipinski definition) is 1. The second kappa shape index (κ2) is 6.70. The van der Waals surface area contributed by atoms with Gasteiger partial charge in [-0.1, -0.05) is 27.2 Å². The topological polar surface area (TPSA) is 69.4 Å². The molecule has 0 aliphatic carbocycles. The first-order valence-corrected chi connectivity index (χ1v) is 7.38. The molecule has 1 rings (SSSR count). The minimum absolute atomic E-state index is 0.00671. The standard InChI is InChI=1S/C14H21NO3S/c1-5-7-9-10(11(16)8(3)4)13(15)19-12(9)14(17)18-6-2/h8H,5-7,15H2,1-4H3. The van der Waals surface area contributed by atoms with Crippen molar-refractivity contribution >= 4 is 28.1 Å². The summed E-state index contributed by atoms with van der Waals surface area (Å²) in [6, 6.07) is 0. The molecular weight excluding hydrogens is 262 g/mol. The third-order valence-corrected chi connectivity index (χ3v) is 3.81. The van der Waals surface area contributed by atoms with Crippen LogP contribution in [0.15, 0.2) is 0 Å². The number of ketones is 1. The van der Waals surface area contributed by atoms with Gasteiger partial charge in [-0.05, 0) is 18.9 Å². The van der Waals surface area contributed by atoms with Crippen LogP contribution in [-0.4, -0.2) is 18.4 Å². The van der Waals surface area contributed by atoms with Gasteiger partial charge in [0.1, 0.15) is 4.88 Å². The van der Waals surface area contributed by atoms with Gasteiger partial charge in [-0.3, -0.25) is 4.79 Å². The lowest BCUT2D eigenvalue weighted by atomic mass is 9.96. The molecule has 1 aromatic rings. The fourth-order valence-corrected chi connectivity index (χ4v) is 2.91. The Labute approximate surface area is 117 Å². The zero-order valence-electron chi connectivity index (χ0n) is 11.9. The number of carbonyl (C=O) groups excluding carboxylic acids is 2. The van der Waals surface area contributed by atoms with Crippen molar-refractivity contribution in [2.45, 2.75) is 40.5 Å². The van der Waals surface area contributed by atoms with E-state index in [9.17, 15) is 9.59 Å². The van der Waals surface area contributed by atoms with Gasteiger partial charge >= 0.3 is 5.97 Å². The normalized spacial score (nSPS) is 10.8. The second-order valence-electron chi connectivity index (χ2n) is 4.64. The number of anilines is 1. The van der Waals surface area contributed by atoms with Gasteiger partial charge < -0.3 is 10.5 Å². The van der Waals surface area contributed by atoms with Crippen molar-refractivity contribution < 1.29 is 14.3 Å². The van der Waals surface area contributed by atoms with Crippen molar-refractivity contribution in [3.05, 3.63) is 16.0 Å². The highest BCUT2D eigenvalue weighted by atomic mass is 32.1. The largest absolute Gasteiger partial charge is 0.462 e. The average molecular weight is 283 g/mol. The highest BCUT2D eigenvalue weighted by molar-refractivity contribution is 7.18. The van der Waals surface area contributed by atoms with Gasteiger partial charge in [0, 0.05) is 5.92 Å². The molecule has 0 fully saturated rings. The Kier molecular flexibility index (Phi) is 5.54. The van der Waals surface area contributed by atoms with Crippen LogP contribution >= 0.6 is 11.3 Å². The predicted octanol–water partition coefficient (Wildman–Crippen LogP) is 3.30. The van der Waals surface area contributed by atoms with Crippen molar-refractivity contribution in [2.75, 3.05) is 12.3 Å². The molecule has 0 aliphatic heterocycles. The van der Waals surface area contributed by atoms with E-state index in [0.29, 0.717) is 28.5 Å². The Morgan fingerprint density at radius 3 is 2.42 bits per heavy atom. The molecule has 4 nitrogen and oxygen atoms in total. The summed E-state index contributed by atoms with van der Waals surface area (Å²) in [5, 5.41) is 0.421. The Morgan fingerprint density at radius 2 is 1.95 bits per heavy atom. The number of nitrogens with two attached hydrogens (primary N) is 1. The molecule has 0 aromatic carbocycles. The molecule has 5 heteroatoms. The third-order valence-electron chi connectivity index (χ3n) is 2.77. The number of thiophene rings is 1. The van der Waals surface area contributed by atoms with E-state index in [1.165, 1.54) is 0 Å². The van der Waals surface area contributed by atoms with Gasteiger partial charge in [-0.25, -0.2) is 4.79 Å². The van der Waals surface area contributed by atoms with Crippen LogP contribution in [0, 0.1) is 5.92 Å². The van der Waals surface area contributed by atoms with E-state index in [-0.39, 0.29) is 17.7 Å². The van der Waals surface area contributed by atoms with E-state index in [2.05, 4.69) is 0 Å². The first-order valence-electron chi connectivity index (χ1n) is 6.56. The van der Waals surface area contributed by atoms with Gasteiger partial charge in [0.25, 0.3) is 0 Å². The Bertz CT molecular complexity index is 477. The van der Waals surface area contributed by atoms with Gasteiger partial charge in [-0.15, -0.1) is 11.3 Å². The molecule has 0 saturated heterocycles. The Morgan fingerprint density at radius 1 is 1.32 bits per heavy atom. The molecule has 0 radical (unpaired) electrons. The number of esters is 1. The van der Waals surface area contributed by atoms with Crippen molar-refractivity contribution in [3.8, 4) is 0 Å². The number of Topliss-reactive ketones (excluding diaryl/α,β-unsaturated/α-hetero) is 1. The average Bonchev–Trinajstić information content (AvgIpc) is 2.66. The maximum absolute atomic E-state index is 12.2. The third kappa shape index (κ3) is 3.35. The van der Waals surface area contributed by atoms with Crippen molar-refractivity contribution in [3.63, 3.8) is 0 Å². The molecule has 0 bridgehead atoms. The zero-order chi connectivity index (χ0) is 14.6. The highest BCUT2D eigenvalue weighted by Crippen LogP contribution is 2.34. The molecule has 0 spiro atoms. The summed E-state index contributed by atoms with van der Waals surface area (Å²) in [6.45, 7) is 7.75.